The molecule has 8 rings (SSSR count). The maximum atomic E-state index is 14.0. The number of benzene rings is 4. The third-order valence-corrected chi connectivity index (χ3v) is 10.7. The Labute approximate surface area is 361 Å². The molecule has 6 aromatic rings. The second-order valence-corrected chi connectivity index (χ2v) is 15.0. The molecule has 4 heterocycles. The molecule has 65 heavy (non-hydrogen) atoms. The summed E-state index contributed by atoms with van der Waals surface area (Å²) >= 11 is 0. The number of ether oxygens (including phenoxy) is 5. The van der Waals surface area contributed by atoms with Gasteiger partial charge in [-0.1, -0.05) is 0 Å². The minimum Gasteiger partial charge on any atom is -0.508 e. The number of hydrogen-bond acceptors (Lipinski definition) is 23. The molecule has 2 fully saturated rings. The van der Waals surface area contributed by atoms with Crippen LogP contribution in [0.25, 0.3) is 44.6 Å². The summed E-state index contributed by atoms with van der Waals surface area (Å²) in [7, 11) is 0. The molecule has 2 aromatic heterocycles. The van der Waals surface area contributed by atoms with E-state index in [9.17, 15) is 81.1 Å². The number of phenols is 6. The van der Waals surface area contributed by atoms with E-state index in [2.05, 4.69) is 0 Å². The Morgan fingerprint density at radius 1 is 0.477 bits per heavy atom. The van der Waals surface area contributed by atoms with Gasteiger partial charge in [0.15, 0.2) is 34.5 Å². The Morgan fingerprint density at radius 3 is 1.23 bits per heavy atom. The van der Waals surface area contributed by atoms with E-state index >= 15 is 0 Å². The number of fused-ring (bicyclic) bond motifs is 2. The summed E-state index contributed by atoms with van der Waals surface area (Å²) in [5.74, 6) is -7.40. The zero-order valence-electron chi connectivity index (χ0n) is 32.9. The van der Waals surface area contributed by atoms with Crippen LogP contribution < -0.4 is 25.1 Å². The van der Waals surface area contributed by atoms with Crippen LogP contribution in [0.1, 0.15) is 0 Å². The van der Waals surface area contributed by atoms with Crippen LogP contribution in [0.4, 0.5) is 0 Å². The molecule has 0 amide bonds. The van der Waals surface area contributed by atoms with E-state index < -0.39 is 176 Å². The van der Waals surface area contributed by atoms with Crippen LogP contribution >= 0.6 is 0 Å². The van der Waals surface area contributed by atoms with E-state index in [1.807, 2.05) is 0 Å². The number of aliphatic hydroxyl groups excluding tert-OH is 8. The van der Waals surface area contributed by atoms with E-state index in [-0.39, 0.29) is 11.1 Å². The molecule has 23 nitrogen and oxygen atoms in total. The Hall–Kier alpha value is -6.90. The summed E-state index contributed by atoms with van der Waals surface area (Å²) < 4.78 is 40.1. The first-order chi connectivity index (χ1) is 30.9. The first-order valence-corrected chi connectivity index (χ1v) is 19.2. The predicted molar refractivity (Wildman–Crippen MR) is 215 cm³/mol. The molecule has 2 saturated heterocycles. The normalized spacial score (nSPS) is 25.7. The fourth-order valence-electron chi connectivity index (χ4n) is 7.29. The molecule has 10 unspecified atom stereocenters. The summed E-state index contributed by atoms with van der Waals surface area (Å²) in [5.41, 5.74) is -3.35. The van der Waals surface area contributed by atoms with E-state index in [4.69, 9.17) is 32.5 Å². The molecule has 0 bridgehead atoms. The molecule has 10 atom stereocenters. The first kappa shape index (κ1) is 44.7. The van der Waals surface area contributed by atoms with E-state index in [0.717, 1.165) is 48.5 Å². The van der Waals surface area contributed by atoms with Gasteiger partial charge in [0.05, 0.1) is 13.2 Å². The van der Waals surface area contributed by atoms with Gasteiger partial charge in [-0.15, -0.1) is 0 Å². The summed E-state index contributed by atoms with van der Waals surface area (Å²) in [6.07, 6.45) is -18.4. The van der Waals surface area contributed by atoms with Gasteiger partial charge in [0, 0.05) is 35.4 Å². The van der Waals surface area contributed by atoms with Crippen molar-refractivity contribution in [3.63, 3.8) is 0 Å². The first-order valence-electron chi connectivity index (χ1n) is 19.2. The number of hydrogen-bond donors (Lipinski definition) is 14. The minimum atomic E-state index is -2.02. The highest BCUT2D eigenvalue weighted by molar-refractivity contribution is 5.89. The van der Waals surface area contributed by atoms with E-state index in [1.165, 1.54) is 12.1 Å². The van der Waals surface area contributed by atoms with Crippen molar-refractivity contribution >= 4 is 21.9 Å². The molecule has 344 valence electrons. The monoisotopic (exact) mass is 910 g/mol. The number of rotatable bonds is 10. The molecule has 0 spiro atoms. The standard InChI is InChI=1S/C42H38O23/c43-11-25-29(51)33(55)35(57)41(62-25)64-39-31(53)27-19(49)7-15(45)9-23(27)60-37(39)13-1-3-17(47)21(5-13)59-22-6-14(2-4-18(22)48)38-40(32(54)28-20(50)8-16(46)10-24(28)61-38)65-42-36(58)34(56)30(52)26(12-44)63-42/h1-10,25-26,29-30,33-36,41-52,55-58H,11-12H2. The second-order valence-electron chi connectivity index (χ2n) is 15.0. The summed E-state index contributed by atoms with van der Waals surface area (Å²) in [5, 5.41) is 145. The van der Waals surface area contributed by atoms with Crippen molar-refractivity contribution in [3.8, 4) is 80.1 Å². The molecule has 2 aliphatic heterocycles. The van der Waals surface area contributed by atoms with Gasteiger partial charge in [-0.2, -0.15) is 0 Å². The zero-order valence-corrected chi connectivity index (χ0v) is 32.9. The topological polar surface area (TPSA) is 390 Å². The highest BCUT2D eigenvalue weighted by Crippen LogP contribution is 2.45. The fourth-order valence-corrected chi connectivity index (χ4v) is 7.29. The lowest BCUT2D eigenvalue weighted by atomic mass is 9.99. The van der Waals surface area contributed by atoms with Crippen molar-refractivity contribution in [1.29, 1.82) is 0 Å². The van der Waals surface area contributed by atoms with Gasteiger partial charge in [-0.05, 0) is 36.4 Å². The number of aromatic hydroxyl groups is 6. The van der Waals surface area contributed by atoms with E-state index in [1.54, 1.807) is 0 Å². The van der Waals surface area contributed by atoms with Crippen LogP contribution in [0.15, 0.2) is 79.1 Å². The highest BCUT2D eigenvalue weighted by Gasteiger charge is 2.47. The van der Waals surface area contributed by atoms with Crippen LogP contribution in [0.2, 0.25) is 0 Å². The van der Waals surface area contributed by atoms with Crippen LogP contribution in [-0.2, 0) is 9.47 Å². The molecule has 4 aromatic carbocycles. The van der Waals surface area contributed by atoms with Crippen LogP contribution in [-0.4, -0.2) is 146 Å². The average Bonchev–Trinajstić information content (AvgIpc) is 3.26. The minimum absolute atomic E-state index is 0.162. The molecule has 23 heteroatoms. The van der Waals surface area contributed by atoms with Gasteiger partial charge in [0.25, 0.3) is 0 Å². The molecule has 14 N–H and O–H groups in total. The smallest absolute Gasteiger partial charge is 0.239 e. The van der Waals surface area contributed by atoms with Crippen molar-refractivity contribution in [1.82, 2.24) is 0 Å². The lowest BCUT2D eigenvalue weighted by Gasteiger charge is -2.39. The summed E-state index contributed by atoms with van der Waals surface area (Å²) in [6.45, 7) is -1.72. The van der Waals surface area contributed by atoms with Crippen molar-refractivity contribution < 1.29 is 104 Å². The van der Waals surface area contributed by atoms with Crippen molar-refractivity contribution in [2.24, 2.45) is 0 Å². The average molecular weight is 911 g/mol. The lowest BCUT2D eigenvalue weighted by molar-refractivity contribution is -0.277. The molecule has 2 aliphatic rings. The molecular weight excluding hydrogens is 872 g/mol. The predicted octanol–water partition coefficient (Wildman–Crippen LogP) is -0.383. The SMILES string of the molecule is O=c1c(OC2OC(CO)C(O)C(O)C2O)c(-c2ccc(O)c(Oc3cc(-c4oc5cc(O)cc(O)c5c(=O)c4OC4OC(CO)C(O)C(O)C4O)ccc3O)c2)oc2cc(O)cc(O)c12. The van der Waals surface area contributed by atoms with Crippen molar-refractivity contribution in [3.05, 3.63) is 81.1 Å². The van der Waals surface area contributed by atoms with Crippen molar-refractivity contribution in [2.75, 3.05) is 13.2 Å². The largest absolute Gasteiger partial charge is 0.508 e. The summed E-state index contributed by atoms with van der Waals surface area (Å²) in [4.78, 5) is 28.0. The van der Waals surface area contributed by atoms with Crippen molar-refractivity contribution in [2.45, 2.75) is 61.4 Å². The van der Waals surface area contributed by atoms with E-state index in [0.29, 0.717) is 0 Å². The van der Waals surface area contributed by atoms with Gasteiger partial charge >= 0.3 is 0 Å². The zero-order chi connectivity index (χ0) is 46.8. The van der Waals surface area contributed by atoms with Gasteiger partial charge in [0.2, 0.25) is 34.9 Å². The Kier molecular flexibility index (Phi) is 11.9. The quantitative estimate of drug-likeness (QED) is 0.0832. The molecule has 0 radical (unpaired) electrons. The lowest BCUT2D eigenvalue weighted by Crippen LogP contribution is -2.60. The van der Waals surface area contributed by atoms with Gasteiger partial charge in [-0.25, -0.2) is 0 Å². The fraction of sp³-hybridized carbons (Fsp3) is 0.286. The second kappa shape index (κ2) is 17.2. The summed E-state index contributed by atoms with van der Waals surface area (Å²) in [6, 6.07) is 10.2. The number of phenolic OH excluding ortho intramolecular Hbond substituents is 6. The number of aliphatic hydroxyl groups is 8. The highest BCUT2D eigenvalue weighted by atomic mass is 16.7. The molecular formula is C42H38O23. The van der Waals surface area contributed by atoms with Gasteiger partial charge in [0.1, 0.15) is 93.8 Å². The Bertz CT molecular complexity index is 2710. The van der Waals surface area contributed by atoms with Gasteiger partial charge in [-0.3, -0.25) is 9.59 Å². The molecule has 0 aliphatic carbocycles. The van der Waals surface area contributed by atoms with Crippen LogP contribution in [0.3, 0.4) is 0 Å². The maximum Gasteiger partial charge on any atom is 0.239 e. The maximum absolute atomic E-state index is 14.0. The van der Waals surface area contributed by atoms with Crippen LogP contribution in [0, 0.1) is 0 Å². The third kappa shape index (κ3) is 8.01. The Balaban J connectivity index is 1.22. The Morgan fingerprint density at radius 2 is 0.862 bits per heavy atom. The van der Waals surface area contributed by atoms with Crippen LogP contribution in [0.5, 0.6) is 57.5 Å². The third-order valence-electron chi connectivity index (χ3n) is 10.7. The van der Waals surface area contributed by atoms with Gasteiger partial charge < -0.3 is 104 Å². The molecule has 0 saturated carbocycles.